The minimum Gasteiger partial charge on any atom is -0.478 e. The predicted octanol–water partition coefficient (Wildman–Crippen LogP) is 2.91. The van der Waals surface area contributed by atoms with Crippen LogP contribution in [0.4, 0.5) is 5.82 Å². The van der Waals surface area contributed by atoms with E-state index in [1.54, 1.807) is 0 Å². The van der Waals surface area contributed by atoms with E-state index in [2.05, 4.69) is 24.1 Å². The molecule has 0 radical (unpaired) electrons. The fourth-order valence-corrected chi connectivity index (χ4v) is 1.70. The highest BCUT2D eigenvalue weighted by molar-refractivity contribution is 6.33. The molecule has 1 aromatic rings. The number of rotatable bonds is 7. The summed E-state index contributed by atoms with van der Waals surface area (Å²) >= 11 is 5.78. The van der Waals surface area contributed by atoms with Crippen LogP contribution in [0.15, 0.2) is 12.3 Å². The number of nitrogens with zero attached hydrogens (tertiary/aromatic N) is 1. The highest BCUT2D eigenvalue weighted by atomic mass is 35.5. The first kappa shape index (κ1) is 15.7. The van der Waals surface area contributed by atoms with Crippen molar-refractivity contribution in [2.75, 3.05) is 18.5 Å². The third kappa shape index (κ3) is 4.69. The standard InChI is InChI=1S/C13H19ClN2O3/c1-4-19-7-11(8(2)3)16-12-5-9(13(17)18)10(14)6-15-12/h5-6,8,11H,4,7H2,1-3H3,(H,15,16)(H,17,18). The molecule has 1 aromatic heterocycles. The summed E-state index contributed by atoms with van der Waals surface area (Å²) in [7, 11) is 0. The lowest BCUT2D eigenvalue weighted by molar-refractivity contribution is 0.0697. The van der Waals surface area contributed by atoms with Gasteiger partial charge in [-0.05, 0) is 18.9 Å². The van der Waals surface area contributed by atoms with Crippen LogP contribution in [-0.4, -0.2) is 35.3 Å². The number of nitrogens with one attached hydrogen (secondary N) is 1. The van der Waals surface area contributed by atoms with E-state index in [4.69, 9.17) is 21.4 Å². The monoisotopic (exact) mass is 286 g/mol. The Balaban J connectivity index is 2.84. The number of pyridine rings is 1. The van der Waals surface area contributed by atoms with Crippen LogP contribution in [0.5, 0.6) is 0 Å². The summed E-state index contributed by atoms with van der Waals surface area (Å²) < 4.78 is 5.40. The summed E-state index contributed by atoms with van der Waals surface area (Å²) in [5.41, 5.74) is 0.0399. The van der Waals surface area contributed by atoms with Gasteiger partial charge in [0, 0.05) is 12.8 Å². The van der Waals surface area contributed by atoms with E-state index in [0.29, 0.717) is 24.9 Å². The second kappa shape index (κ2) is 7.31. The number of hydrogen-bond acceptors (Lipinski definition) is 4. The fourth-order valence-electron chi connectivity index (χ4n) is 1.52. The highest BCUT2D eigenvalue weighted by Gasteiger charge is 2.16. The molecule has 6 heteroatoms. The molecular weight excluding hydrogens is 268 g/mol. The summed E-state index contributed by atoms with van der Waals surface area (Å²) in [6.07, 6.45) is 1.34. The smallest absolute Gasteiger partial charge is 0.337 e. The summed E-state index contributed by atoms with van der Waals surface area (Å²) in [6, 6.07) is 1.50. The second-order valence-corrected chi connectivity index (χ2v) is 4.92. The zero-order valence-electron chi connectivity index (χ0n) is 11.3. The van der Waals surface area contributed by atoms with Gasteiger partial charge in [-0.1, -0.05) is 25.4 Å². The highest BCUT2D eigenvalue weighted by Crippen LogP contribution is 2.19. The summed E-state index contributed by atoms with van der Waals surface area (Å²) in [5, 5.41) is 12.3. The van der Waals surface area contributed by atoms with Gasteiger partial charge in [-0.25, -0.2) is 9.78 Å². The molecule has 0 spiro atoms. The molecule has 5 nitrogen and oxygen atoms in total. The van der Waals surface area contributed by atoms with Gasteiger partial charge in [0.25, 0.3) is 0 Å². The Morgan fingerprint density at radius 1 is 1.58 bits per heavy atom. The van der Waals surface area contributed by atoms with Crippen molar-refractivity contribution in [1.82, 2.24) is 4.98 Å². The fraction of sp³-hybridized carbons (Fsp3) is 0.538. The number of ether oxygens (including phenoxy) is 1. The van der Waals surface area contributed by atoms with Crippen molar-refractivity contribution in [3.05, 3.63) is 22.8 Å². The third-order valence-corrected chi connectivity index (χ3v) is 3.03. The van der Waals surface area contributed by atoms with Crippen LogP contribution >= 0.6 is 11.6 Å². The van der Waals surface area contributed by atoms with Crippen LogP contribution in [0, 0.1) is 5.92 Å². The Bertz CT molecular complexity index is 438. The number of anilines is 1. The number of hydrogen-bond donors (Lipinski definition) is 2. The minimum absolute atomic E-state index is 0.0399. The number of carboxylic acids is 1. The van der Waals surface area contributed by atoms with Gasteiger partial charge >= 0.3 is 5.97 Å². The number of aromatic nitrogens is 1. The Hall–Kier alpha value is -1.33. The van der Waals surface area contributed by atoms with Crippen molar-refractivity contribution in [3.8, 4) is 0 Å². The van der Waals surface area contributed by atoms with E-state index in [1.165, 1.54) is 12.3 Å². The molecule has 0 saturated carbocycles. The number of carboxylic acid groups (broad SMARTS) is 1. The first-order chi connectivity index (χ1) is 8.95. The van der Waals surface area contributed by atoms with E-state index < -0.39 is 5.97 Å². The van der Waals surface area contributed by atoms with Gasteiger partial charge in [-0.15, -0.1) is 0 Å². The molecule has 1 unspecified atom stereocenters. The zero-order valence-corrected chi connectivity index (χ0v) is 12.1. The van der Waals surface area contributed by atoms with Crippen molar-refractivity contribution in [2.45, 2.75) is 26.8 Å². The lowest BCUT2D eigenvalue weighted by Crippen LogP contribution is -2.31. The van der Waals surface area contributed by atoms with Gasteiger partial charge in [0.2, 0.25) is 0 Å². The Morgan fingerprint density at radius 2 is 2.26 bits per heavy atom. The lowest BCUT2D eigenvalue weighted by atomic mass is 10.1. The summed E-state index contributed by atoms with van der Waals surface area (Å²) in [6.45, 7) is 7.23. The van der Waals surface area contributed by atoms with Gasteiger partial charge in [0.1, 0.15) is 5.82 Å². The van der Waals surface area contributed by atoms with Gasteiger partial charge in [-0.2, -0.15) is 0 Å². The minimum atomic E-state index is -1.07. The molecule has 0 aromatic carbocycles. The molecule has 106 valence electrons. The van der Waals surface area contributed by atoms with E-state index in [9.17, 15) is 4.79 Å². The molecule has 1 heterocycles. The van der Waals surface area contributed by atoms with Crippen LogP contribution in [-0.2, 0) is 4.74 Å². The maximum Gasteiger partial charge on any atom is 0.337 e. The average Bonchev–Trinajstić information content (AvgIpc) is 2.35. The number of carbonyl (C=O) groups is 1. The van der Waals surface area contributed by atoms with Crippen molar-refractivity contribution in [2.24, 2.45) is 5.92 Å². The maximum atomic E-state index is 11.0. The van der Waals surface area contributed by atoms with Crippen LogP contribution in [0.3, 0.4) is 0 Å². The summed E-state index contributed by atoms with van der Waals surface area (Å²) in [5.74, 6) is -0.251. The van der Waals surface area contributed by atoms with E-state index in [0.717, 1.165) is 0 Å². The average molecular weight is 287 g/mol. The molecule has 0 amide bonds. The first-order valence-corrected chi connectivity index (χ1v) is 6.56. The van der Waals surface area contributed by atoms with Crippen molar-refractivity contribution < 1.29 is 14.6 Å². The van der Waals surface area contributed by atoms with Crippen LogP contribution in [0.1, 0.15) is 31.1 Å². The van der Waals surface area contributed by atoms with Crippen molar-refractivity contribution >= 4 is 23.4 Å². The topological polar surface area (TPSA) is 71.5 Å². The molecule has 0 aliphatic rings. The van der Waals surface area contributed by atoms with Gasteiger partial charge in [0.05, 0.1) is 23.2 Å². The van der Waals surface area contributed by atoms with E-state index in [1.807, 2.05) is 6.92 Å². The SMILES string of the molecule is CCOCC(Nc1cc(C(=O)O)c(Cl)cn1)C(C)C. The molecular formula is C13H19ClN2O3. The molecule has 2 N–H and O–H groups in total. The van der Waals surface area contributed by atoms with Crippen molar-refractivity contribution in [3.63, 3.8) is 0 Å². The third-order valence-electron chi connectivity index (χ3n) is 2.73. The molecule has 0 bridgehead atoms. The van der Waals surface area contributed by atoms with Gasteiger partial charge < -0.3 is 15.2 Å². The molecule has 0 fully saturated rings. The molecule has 0 saturated heterocycles. The maximum absolute atomic E-state index is 11.0. The van der Waals surface area contributed by atoms with Crippen LogP contribution in [0.2, 0.25) is 5.02 Å². The Labute approximate surface area is 117 Å². The van der Waals surface area contributed by atoms with Gasteiger partial charge in [-0.3, -0.25) is 0 Å². The van der Waals surface area contributed by atoms with Crippen LogP contribution in [0.25, 0.3) is 0 Å². The Kier molecular flexibility index (Phi) is 6.05. The molecule has 1 atom stereocenters. The van der Waals surface area contributed by atoms with Gasteiger partial charge in [0.15, 0.2) is 0 Å². The number of aromatic carboxylic acids is 1. The molecule has 0 aliphatic carbocycles. The van der Waals surface area contributed by atoms with Crippen molar-refractivity contribution in [1.29, 1.82) is 0 Å². The molecule has 19 heavy (non-hydrogen) atoms. The van der Waals surface area contributed by atoms with E-state index >= 15 is 0 Å². The zero-order chi connectivity index (χ0) is 14.4. The van der Waals surface area contributed by atoms with E-state index in [-0.39, 0.29) is 16.6 Å². The summed E-state index contributed by atoms with van der Waals surface area (Å²) in [4.78, 5) is 15.1. The number of halogens is 1. The Morgan fingerprint density at radius 3 is 2.79 bits per heavy atom. The normalized spacial score (nSPS) is 12.5. The molecule has 1 rings (SSSR count). The second-order valence-electron chi connectivity index (χ2n) is 4.51. The predicted molar refractivity (Wildman–Crippen MR) is 74.9 cm³/mol. The quantitative estimate of drug-likeness (QED) is 0.806. The lowest BCUT2D eigenvalue weighted by Gasteiger charge is -2.22. The van der Waals surface area contributed by atoms with Crippen LogP contribution < -0.4 is 5.32 Å². The first-order valence-electron chi connectivity index (χ1n) is 6.18. The largest absolute Gasteiger partial charge is 0.478 e. The molecule has 0 aliphatic heterocycles.